The summed E-state index contributed by atoms with van der Waals surface area (Å²) in [5.74, 6) is 0.0312. The summed E-state index contributed by atoms with van der Waals surface area (Å²) in [7, 11) is 1.81. The third-order valence-corrected chi connectivity index (χ3v) is 5.43. The molecule has 0 unspecified atom stereocenters. The van der Waals surface area contributed by atoms with E-state index >= 15 is 0 Å². The molecule has 0 spiro atoms. The van der Waals surface area contributed by atoms with Crippen LogP contribution < -0.4 is 10.1 Å². The number of halogens is 1. The van der Waals surface area contributed by atoms with Gasteiger partial charge in [-0.3, -0.25) is 9.59 Å². The van der Waals surface area contributed by atoms with E-state index < -0.39 is 0 Å². The number of aromatic hydroxyl groups is 1. The van der Waals surface area contributed by atoms with Gasteiger partial charge < -0.3 is 19.7 Å². The maximum Gasteiger partial charge on any atom is 0.271 e. The Morgan fingerprint density at radius 3 is 2.52 bits per heavy atom. The van der Waals surface area contributed by atoms with Gasteiger partial charge in [-0.05, 0) is 45.6 Å². The molecule has 0 bridgehead atoms. The number of phenols is 1. The molecule has 2 aromatic carbocycles. The lowest BCUT2D eigenvalue weighted by atomic mass is 10.1. The van der Waals surface area contributed by atoms with Gasteiger partial charge in [0.25, 0.3) is 5.91 Å². The Balaban J connectivity index is 1.56. The minimum absolute atomic E-state index is 0.0991. The normalized spacial score (nSPS) is 10.7. The molecule has 0 saturated heterocycles. The number of ether oxygens (including phenoxy) is 1. The van der Waals surface area contributed by atoms with Crippen molar-refractivity contribution in [1.29, 1.82) is 0 Å². The smallest absolute Gasteiger partial charge is 0.271 e. The number of hydrogen-bond acceptors (Lipinski definition) is 5. The number of carbonyl (C=O) groups is 2. The molecule has 0 atom stereocenters. The molecule has 31 heavy (non-hydrogen) atoms. The molecule has 0 aliphatic carbocycles. The van der Waals surface area contributed by atoms with Gasteiger partial charge >= 0.3 is 0 Å². The van der Waals surface area contributed by atoms with Crippen molar-refractivity contribution >= 4 is 27.6 Å². The fourth-order valence-corrected chi connectivity index (χ4v) is 3.42. The fraction of sp³-hybridized carbons (Fsp3) is 0.261. The van der Waals surface area contributed by atoms with Crippen molar-refractivity contribution in [3.63, 3.8) is 0 Å². The summed E-state index contributed by atoms with van der Waals surface area (Å²) >= 11 is 3.32. The van der Waals surface area contributed by atoms with Gasteiger partial charge in [-0.2, -0.15) is 0 Å². The molecule has 0 saturated carbocycles. The van der Waals surface area contributed by atoms with E-state index in [0.717, 1.165) is 17.5 Å². The SMILES string of the molecule is CCCC(=O)c1ccc(OCc2ccc(CNC(=O)c3cn(C)cn3)cc2)c(Br)c1O. The summed E-state index contributed by atoms with van der Waals surface area (Å²) in [5, 5.41) is 13.1. The zero-order valence-electron chi connectivity index (χ0n) is 17.4. The zero-order chi connectivity index (χ0) is 22.4. The Bertz CT molecular complexity index is 1080. The molecule has 1 heterocycles. The van der Waals surface area contributed by atoms with Gasteiger partial charge in [0.1, 0.15) is 28.3 Å². The van der Waals surface area contributed by atoms with Crippen molar-refractivity contribution < 1.29 is 19.4 Å². The van der Waals surface area contributed by atoms with Crippen LogP contribution in [0.5, 0.6) is 11.5 Å². The summed E-state index contributed by atoms with van der Waals surface area (Å²) in [6.45, 7) is 2.60. The number of benzene rings is 2. The van der Waals surface area contributed by atoms with Gasteiger partial charge in [-0.15, -0.1) is 0 Å². The highest BCUT2D eigenvalue weighted by atomic mass is 79.9. The molecule has 0 aliphatic heterocycles. The number of Topliss-reactive ketones (excluding diaryl/α,β-unsaturated/α-hetero) is 1. The third-order valence-electron chi connectivity index (χ3n) is 4.67. The van der Waals surface area contributed by atoms with Crippen LogP contribution in [-0.2, 0) is 20.2 Å². The fourth-order valence-electron chi connectivity index (χ4n) is 2.96. The van der Waals surface area contributed by atoms with E-state index in [1.807, 2.05) is 38.2 Å². The number of rotatable bonds is 9. The van der Waals surface area contributed by atoms with E-state index in [4.69, 9.17) is 4.74 Å². The van der Waals surface area contributed by atoms with Crippen molar-refractivity contribution in [3.8, 4) is 11.5 Å². The largest absolute Gasteiger partial charge is 0.506 e. The first kappa shape index (κ1) is 22.6. The second-order valence-electron chi connectivity index (χ2n) is 7.16. The first-order valence-corrected chi connectivity index (χ1v) is 10.7. The average Bonchev–Trinajstić information content (AvgIpc) is 3.20. The van der Waals surface area contributed by atoms with Crippen molar-refractivity contribution in [2.45, 2.75) is 32.9 Å². The summed E-state index contributed by atoms with van der Waals surface area (Å²) in [4.78, 5) is 28.2. The summed E-state index contributed by atoms with van der Waals surface area (Å²) < 4.78 is 7.88. The second kappa shape index (κ2) is 10.3. The molecule has 1 amide bonds. The summed E-state index contributed by atoms with van der Waals surface area (Å²) in [5.41, 5.74) is 2.55. The lowest BCUT2D eigenvalue weighted by molar-refractivity contribution is 0.0944. The molecule has 0 aliphatic rings. The number of ketones is 1. The lowest BCUT2D eigenvalue weighted by Crippen LogP contribution is -2.23. The van der Waals surface area contributed by atoms with Crippen molar-refractivity contribution in [2.75, 3.05) is 0 Å². The van der Waals surface area contributed by atoms with Gasteiger partial charge in [-0.1, -0.05) is 31.2 Å². The van der Waals surface area contributed by atoms with E-state index in [1.54, 1.807) is 29.2 Å². The first-order valence-electron chi connectivity index (χ1n) is 9.90. The molecule has 2 N–H and O–H groups in total. The van der Waals surface area contributed by atoms with Crippen LogP contribution in [-0.4, -0.2) is 26.3 Å². The van der Waals surface area contributed by atoms with Crippen LogP contribution in [0, 0.1) is 0 Å². The minimum atomic E-state index is -0.224. The number of amides is 1. The predicted octanol–water partition coefficient (Wildman–Crippen LogP) is 4.38. The number of nitrogens with one attached hydrogen (secondary N) is 1. The highest BCUT2D eigenvalue weighted by Gasteiger charge is 2.16. The molecule has 1 aromatic heterocycles. The quantitative estimate of drug-likeness (QED) is 0.438. The van der Waals surface area contributed by atoms with Crippen LogP contribution >= 0.6 is 15.9 Å². The number of phenolic OH excluding ortho intramolecular Hbond substituents is 1. The lowest BCUT2D eigenvalue weighted by Gasteiger charge is -2.12. The Labute approximate surface area is 189 Å². The van der Waals surface area contributed by atoms with Crippen LogP contribution in [0.1, 0.15) is 51.7 Å². The van der Waals surface area contributed by atoms with Crippen molar-refractivity contribution in [2.24, 2.45) is 7.05 Å². The molecule has 0 fully saturated rings. The molecule has 3 rings (SSSR count). The van der Waals surface area contributed by atoms with Crippen LogP contribution in [0.3, 0.4) is 0 Å². The molecular formula is C23H24BrN3O4. The second-order valence-corrected chi connectivity index (χ2v) is 7.95. The number of carbonyl (C=O) groups excluding carboxylic acids is 2. The number of nitrogens with zero attached hydrogens (tertiary/aromatic N) is 2. The van der Waals surface area contributed by atoms with Crippen LogP contribution in [0.15, 0.2) is 53.4 Å². The Morgan fingerprint density at radius 2 is 1.87 bits per heavy atom. The van der Waals surface area contributed by atoms with E-state index in [2.05, 4.69) is 26.2 Å². The number of imidazole rings is 1. The highest BCUT2D eigenvalue weighted by molar-refractivity contribution is 9.10. The summed E-state index contributed by atoms with van der Waals surface area (Å²) in [6, 6.07) is 10.9. The standard InChI is InChI=1S/C23H24BrN3O4/c1-3-4-19(28)17-9-10-20(21(24)22(17)29)31-13-16-7-5-15(6-8-16)11-25-23(30)18-12-27(2)14-26-18/h5-10,12,14,29H,3-4,11,13H2,1-2H3,(H,25,30). The minimum Gasteiger partial charge on any atom is -0.506 e. The maximum absolute atomic E-state index is 12.1. The van der Waals surface area contributed by atoms with Crippen molar-refractivity contribution in [3.05, 3.63) is 75.8 Å². The molecule has 162 valence electrons. The highest BCUT2D eigenvalue weighted by Crippen LogP contribution is 2.37. The molecule has 3 aromatic rings. The van der Waals surface area contributed by atoms with Gasteiger partial charge in [0.2, 0.25) is 0 Å². The van der Waals surface area contributed by atoms with E-state index in [-0.39, 0.29) is 23.0 Å². The number of aromatic nitrogens is 2. The van der Waals surface area contributed by atoms with Crippen LogP contribution in [0.4, 0.5) is 0 Å². The maximum atomic E-state index is 12.1. The van der Waals surface area contributed by atoms with Crippen molar-refractivity contribution in [1.82, 2.24) is 14.9 Å². The van der Waals surface area contributed by atoms with E-state index in [1.165, 1.54) is 0 Å². The predicted molar refractivity (Wildman–Crippen MR) is 120 cm³/mol. The number of aryl methyl sites for hydroxylation is 1. The van der Waals surface area contributed by atoms with Gasteiger partial charge in [0, 0.05) is 26.2 Å². The Hall–Kier alpha value is -3.13. The average molecular weight is 486 g/mol. The molecule has 8 heteroatoms. The zero-order valence-corrected chi connectivity index (χ0v) is 19.0. The topological polar surface area (TPSA) is 93.5 Å². The van der Waals surface area contributed by atoms with Gasteiger partial charge in [0.05, 0.1) is 11.9 Å². The Morgan fingerprint density at radius 1 is 1.16 bits per heavy atom. The molecular weight excluding hydrogens is 462 g/mol. The molecule has 0 radical (unpaired) electrons. The van der Waals surface area contributed by atoms with Gasteiger partial charge in [0.15, 0.2) is 5.78 Å². The monoisotopic (exact) mass is 485 g/mol. The van der Waals surface area contributed by atoms with E-state index in [9.17, 15) is 14.7 Å². The first-order chi connectivity index (χ1) is 14.9. The molecule has 7 nitrogen and oxygen atoms in total. The summed E-state index contributed by atoms with van der Waals surface area (Å²) in [6.07, 6.45) is 4.35. The number of hydrogen-bond donors (Lipinski definition) is 2. The van der Waals surface area contributed by atoms with E-state index in [0.29, 0.717) is 35.5 Å². The Kier molecular flexibility index (Phi) is 7.46. The van der Waals surface area contributed by atoms with Crippen LogP contribution in [0.2, 0.25) is 0 Å². The van der Waals surface area contributed by atoms with Crippen LogP contribution in [0.25, 0.3) is 0 Å². The van der Waals surface area contributed by atoms with Gasteiger partial charge in [-0.25, -0.2) is 4.98 Å². The third kappa shape index (κ3) is 5.73.